The van der Waals surface area contributed by atoms with Gasteiger partial charge < -0.3 is 15.1 Å². The first kappa shape index (κ1) is 18.7. The van der Waals surface area contributed by atoms with E-state index in [1.54, 1.807) is 4.90 Å². The molecule has 2 rings (SSSR count). The van der Waals surface area contributed by atoms with Crippen molar-refractivity contribution >= 4 is 17.7 Å². The summed E-state index contributed by atoms with van der Waals surface area (Å²) in [5.41, 5.74) is -0.242. The van der Waals surface area contributed by atoms with Gasteiger partial charge in [-0.3, -0.25) is 14.4 Å². The van der Waals surface area contributed by atoms with Gasteiger partial charge in [-0.2, -0.15) is 0 Å². The van der Waals surface area contributed by atoms with Crippen LogP contribution in [0.4, 0.5) is 0 Å². The van der Waals surface area contributed by atoms with E-state index in [0.717, 1.165) is 0 Å². The highest BCUT2D eigenvalue weighted by molar-refractivity contribution is 5.90. The lowest BCUT2D eigenvalue weighted by Gasteiger charge is -2.34. The second-order valence-electron chi connectivity index (χ2n) is 8.34. The van der Waals surface area contributed by atoms with Crippen LogP contribution < -0.4 is 5.32 Å². The molecule has 1 atom stereocenters. The maximum absolute atomic E-state index is 12.7. The first-order chi connectivity index (χ1) is 11.1. The quantitative estimate of drug-likeness (QED) is 0.846. The van der Waals surface area contributed by atoms with Crippen LogP contribution in [0.5, 0.6) is 0 Å². The normalized spacial score (nSPS) is 23.1. The maximum atomic E-state index is 12.7. The number of hydrogen-bond donors (Lipinski definition) is 1. The number of nitrogens with zero attached hydrogens (tertiary/aromatic N) is 2. The minimum absolute atomic E-state index is 0.00673. The van der Waals surface area contributed by atoms with Gasteiger partial charge in [-0.15, -0.1) is 0 Å². The second kappa shape index (κ2) is 7.11. The van der Waals surface area contributed by atoms with Crippen molar-refractivity contribution in [3.05, 3.63) is 0 Å². The van der Waals surface area contributed by atoms with Crippen LogP contribution in [0.15, 0.2) is 0 Å². The predicted molar refractivity (Wildman–Crippen MR) is 92.2 cm³/mol. The number of carbonyl (C=O) groups is 3. The number of hydrogen-bond acceptors (Lipinski definition) is 3. The van der Waals surface area contributed by atoms with Crippen molar-refractivity contribution in [1.29, 1.82) is 0 Å². The van der Waals surface area contributed by atoms with Crippen molar-refractivity contribution in [2.45, 2.75) is 65.5 Å². The van der Waals surface area contributed by atoms with Gasteiger partial charge in [0.25, 0.3) is 0 Å². The Morgan fingerprint density at radius 3 is 2.17 bits per heavy atom. The molecular weight excluding hydrogens is 306 g/mol. The summed E-state index contributed by atoms with van der Waals surface area (Å²) in [7, 11) is 0. The zero-order valence-electron chi connectivity index (χ0n) is 15.6. The van der Waals surface area contributed by atoms with Crippen molar-refractivity contribution < 1.29 is 14.4 Å². The molecule has 0 saturated carbocycles. The van der Waals surface area contributed by atoms with Crippen LogP contribution in [0.25, 0.3) is 0 Å². The molecule has 0 spiro atoms. The third-order valence-corrected chi connectivity index (χ3v) is 4.89. The molecular formula is C18H31N3O3. The van der Waals surface area contributed by atoms with Gasteiger partial charge in [0.2, 0.25) is 17.7 Å². The lowest BCUT2D eigenvalue weighted by molar-refractivity contribution is -0.139. The molecule has 2 heterocycles. The summed E-state index contributed by atoms with van der Waals surface area (Å²) in [6, 6.07) is 0.144. The van der Waals surface area contributed by atoms with Crippen LogP contribution in [0.2, 0.25) is 0 Å². The highest BCUT2D eigenvalue weighted by atomic mass is 16.2. The Balaban J connectivity index is 1.88. The minimum Gasteiger partial charge on any atom is -0.354 e. The largest absolute Gasteiger partial charge is 0.354 e. The van der Waals surface area contributed by atoms with Crippen molar-refractivity contribution in [3.8, 4) is 0 Å². The summed E-state index contributed by atoms with van der Waals surface area (Å²) in [4.78, 5) is 40.6. The standard InChI is InChI=1S/C18H31N3O3/c1-12(2)19-16(23)13-6-8-20(9-7-13)17(24)14-10-15(22)21(11-14)18(3,4)5/h12-14H,6-11H2,1-5H3,(H,19,23). The van der Waals surface area contributed by atoms with Crippen molar-refractivity contribution in [2.75, 3.05) is 19.6 Å². The smallest absolute Gasteiger partial charge is 0.227 e. The third kappa shape index (κ3) is 4.28. The van der Waals surface area contributed by atoms with Crippen LogP contribution in [-0.4, -0.2) is 58.7 Å². The van der Waals surface area contributed by atoms with E-state index in [1.807, 2.05) is 39.5 Å². The van der Waals surface area contributed by atoms with Crippen LogP contribution >= 0.6 is 0 Å². The molecule has 3 amide bonds. The molecule has 2 fully saturated rings. The average molecular weight is 337 g/mol. The molecule has 2 saturated heterocycles. The zero-order chi connectivity index (χ0) is 18.1. The summed E-state index contributed by atoms with van der Waals surface area (Å²) >= 11 is 0. The molecule has 0 radical (unpaired) electrons. The van der Waals surface area contributed by atoms with Gasteiger partial charge >= 0.3 is 0 Å². The molecule has 0 aromatic carbocycles. The molecule has 6 nitrogen and oxygen atoms in total. The topological polar surface area (TPSA) is 69.7 Å². The monoisotopic (exact) mass is 337 g/mol. The van der Waals surface area contributed by atoms with Crippen LogP contribution in [0.3, 0.4) is 0 Å². The highest BCUT2D eigenvalue weighted by Crippen LogP contribution is 2.28. The number of carbonyl (C=O) groups excluding carboxylic acids is 3. The van der Waals surface area contributed by atoms with Crippen LogP contribution in [0, 0.1) is 11.8 Å². The summed E-state index contributed by atoms with van der Waals surface area (Å²) in [6.45, 7) is 11.6. The van der Waals surface area contributed by atoms with Gasteiger partial charge in [-0.1, -0.05) is 0 Å². The maximum Gasteiger partial charge on any atom is 0.227 e. The molecule has 0 aliphatic carbocycles. The number of nitrogens with one attached hydrogen (secondary N) is 1. The fraction of sp³-hybridized carbons (Fsp3) is 0.833. The molecule has 1 unspecified atom stereocenters. The first-order valence-electron chi connectivity index (χ1n) is 8.99. The van der Waals surface area contributed by atoms with Crippen molar-refractivity contribution in [3.63, 3.8) is 0 Å². The van der Waals surface area contributed by atoms with Gasteiger partial charge in [-0.05, 0) is 47.5 Å². The van der Waals surface area contributed by atoms with E-state index in [1.165, 1.54) is 0 Å². The number of likely N-dealkylation sites (tertiary alicyclic amines) is 2. The number of rotatable bonds is 3. The number of piperidine rings is 1. The van der Waals surface area contributed by atoms with Gasteiger partial charge in [0.05, 0.1) is 5.92 Å². The Kier molecular flexibility index (Phi) is 5.56. The summed E-state index contributed by atoms with van der Waals surface area (Å²) in [6.07, 6.45) is 1.71. The highest BCUT2D eigenvalue weighted by Gasteiger charge is 2.41. The molecule has 6 heteroatoms. The second-order valence-corrected chi connectivity index (χ2v) is 8.34. The van der Waals surface area contributed by atoms with Gasteiger partial charge in [0, 0.05) is 43.6 Å². The fourth-order valence-electron chi connectivity index (χ4n) is 3.54. The Morgan fingerprint density at radius 1 is 1.12 bits per heavy atom. The summed E-state index contributed by atoms with van der Waals surface area (Å²) < 4.78 is 0. The van der Waals surface area contributed by atoms with E-state index in [4.69, 9.17) is 0 Å². The fourth-order valence-corrected chi connectivity index (χ4v) is 3.54. The molecule has 24 heavy (non-hydrogen) atoms. The Labute approximate surface area is 144 Å². The Morgan fingerprint density at radius 2 is 1.71 bits per heavy atom. The molecule has 136 valence electrons. The van der Waals surface area contributed by atoms with Gasteiger partial charge in [0.15, 0.2) is 0 Å². The van der Waals surface area contributed by atoms with Crippen LogP contribution in [-0.2, 0) is 14.4 Å². The first-order valence-corrected chi connectivity index (χ1v) is 8.99. The van der Waals surface area contributed by atoms with E-state index in [9.17, 15) is 14.4 Å². The lowest BCUT2D eigenvalue weighted by atomic mass is 9.94. The molecule has 1 N–H and O–H groups in total. The van der Waals surface area contributed by atoms with E-state index in [2.05, 4.69) is 5.32 Å². The predicted octanol–water partition coefficient (Wildman–Crippen LogP) is 1.40. The third-order valence-electron chi connectivity index (χ3n) is 4.89. The summed E-state index contributed by atoms with van der Waals surface area (Å²) in [5.74, 6) is -0.0255. The van der Waals surface area contributed by atoms with Crippen molar-refractivity contribution in [2.24, 2.45) is 11.8 Å². The molecule has 0 aromatic rings. The van der Waals surface area contributed by atoms with E-state index in [0.29, 0.717) is 38.9 Å². The van der Waals surface area contributed by atoms with E-state index < -0.39 is 0 Å². The molecule has 0 aromatic heterocycles. The Bertz CT molecular complexity index is 502. The van der Waals surface area contributed by atoms with Crippen molar-refractivity contribution in [1.82, 2.24) is 15.1 Å². The SMILES string of the molecule is CC(C)NC(=O)C1CCN(C(=O)C2CC(=O)N(C(C)(C)C)C2)CC1. The van der Waals surface area contributed by atoms with E-state index in [-0.39, 0.29) is 41.1 Å². The Hall–Kier alpha value is -1.59. The van der Waals surface area contributed by atoms with Crippen LogP contribution in [0.1, 0.15) is 53.9 Å². The lowest BCUT2D eigenvalue weighted by Crippen LogP contribution is -2.47. The van der Waals surface area contributed by atoms with E-state index >= 15 is 0 Å². The van der Waals surface area contributed by atoms with Gasteiger partial charge in [-0.25, -0.2) is 0 Å². The molecule has 2 aliphatic heterocycles. The molecule has 2 aliphatic rings. The minimum atomic E-state index is -0.242. The molecule has 0 bridgehead atoms. The average Bonchev–Trinajstić information content (AvgIpc) is 2.88. The number of amides is 3. The zero-order valence-corrected chi connectivity index (χ0v) is 15.6. The summed E-state index contributed by atoms with van der Waals surface area (Å²) in [5, 5.41) is 2.95. The van der Waals surface area contributed by atoms with Gasteiger partial charge in [0.1, 0.15) is 0 Å².